The molecule has 0 aliphatic carbocycles. The van der Waals surface area contributed by atoms with Gasteiger partial charge in [-0.2, -0.15) is 0 Å². The number of halogens is 1. The smallest absolute Gasteiger partial charge is 0.277 e. The van der Waals surface area contributed by atoms with E-state index in [1.165, 1.54) is 0 Å². The van der Waals surface area contributed by atoms with Crippen molar-refractivity contribution in [2.45, 2.75) is 19.1 Å². The molecule has 0 saturated carbocycles. The molecule has 2 N–H and O–H groups in total. The Balaban J connectivity index is 1.45. The number of hydrogen-bond donors (Lipinski definition) is 2. The predicted octanol–water partition coefficient (Wildman–Crippen LogP) is 3.85. The molecular formula is C20H19ClN4O3S. The summed E-state index contributed by atoms with van der Waals surface area (Å²) in [6, 6.07) is 12.8. The van der Waals surface area contributed by atoms with Crippen molar-refractivity contribution in [3.8, 4) is 11.5 Å². The lowest BCUT2D eigenvalue weighted by Crippen LogP contribution is -2.34. The van der Waals surface area contributed by atoms with E-state index in [1.807, 2.05) is 32.0 Å². The van der Waals surface area contributed by atoms with Crippen molar-refractivity contribution < 1.29 is 14.0 Å². The zero-order chi connectivity index (χ0) is 20.8. The number of anilines is 1. The molecule has 3 rings (SSSR count). The number of para-hydroxylation sites is 1. The van der Waals surface area contributed by atoms with Gasteiger partial charge in [0.1, 0.15) is 0 Å². The first-order valence-electron chi connectivity index (χ1n) is 8.77. The van der Waals surface area contributed by atoms with Crippen LogP contribution in [0.4, 0.5) is 5.69 Å². The monoisotopic (exact) mass is 430 g/mol. The van der Waals surface area contributed by atoms with E-state index < -0.39 is 0 Å². The second kappa shape index (κ2) is 9.58. The average Bonchev–Trinajstić information content (AvgIpc) is 3.17. The maximum Gasteiger partial charge on any atom is 0.277 e. The molecule has 0 fully saturated rings. The van der Waals surface area contributed by atoms with Gasteiger partial charge in [0.25, 0.3) is 5.22 Å². The largest absolute Gasteiger partial charge is 0.411 e. The number of carbonyl (C=O) groups excluding carboxylic acids is 2. The lowest BCUT2D eigenvalue weighted by Gasteiger charge is -2.11. The third-order valence-electron chi connectivity index (χ3n) is 4.02. The summed E-state index contributed by atoms with van der Waals surface area (Å²) >= 11 is 6.96. The van der Waals surface area contributed by atoms with Gasteiger partial charge in [0.05, 0.1) is 12.3 Å². The molecule has 0 aliphatic heterocycles. The number of nitrogens with one attached hydrogen (secondary N) is 2. The van der Waals surface area contributed by atoms with Gasteiger partial charge in [0.15, 0.2) is 0 Å². The summed E-state index contributed by atoms with van der Waals surface area (Å²) in [5.74, 6) is -0.196. The van der Waals surface area contributed by atoms with Crippen LogP contribution in [-0.2, 0) is 9.59 Å². The van der Waals surface area contributed by atoms with E-state index >= 15 is 0 Å². The first kappa shape index (κ1) is 20.9. The molecule has 0 atom stereocenters. The number of carbonyl (C=O) groups is 2. The molecule has 0 aliphatic rings. The number of aromatic nitrogens is 2. The molecule has 1 aromatic heterocycles. The summed E-state index contributed by atoms with van der Waals surface area (Å²) in [7, 11) is 0. The molecule has 0 saturated heterocycles. The molecule has 2 amide bonds. The fourth-order valence-corrected chi connectivity index (χ4v) is 3.25. The molecule has 0 bridgehead atoms. The number of aryl methyl sites for hydroxylation is 2. The molecule has 1 heterocycles. The van der Waals surface area contributed by atoms with Crippen LogP contribution in [0.3, 0.4) is 0 Å². The van der Waals surface area contributed by atoms with Crippen molar-refractivity contribution in [3.63, 3.8) is 0 Å². The van der Waals surface area contributed by atoms with Crippen LogP contribution in [0.2, 0.25) is 5.02 Å². The van der Waals surface area contributed by atoms with Gasteiger partial charge in [-0.15, -0.1) is 10.2 Å². The van der Waals surface area contributed by atoms with E-state index in [1.54, 1.807) is 24.3 Å². The first-order valence-corrected chi connectivity index (χ1v) is 10.1. The number of hydrogen-bond acceptors (Lipinski definition) is 6. The Bertz CT molecular complexity index is 1000. The molecular weight excluding hydrogens is 412 g/mol. The summed E-state index contributed by atoms with van der Waals surface area (Å²) in [5.41, 5.74) is 3.43. The minimum Gasteiger partial charge on any atom is -0.411 e. The molecule has 0 radical (unpaired) electrons. The Kier molecular flexibility index (Phi) is 6.90. The van der Waals surface area contributed by atoms with Crippen LogP contribution >= 0.6 is 23.4 Å². The minimum absolute atomic E-state index is 0.0545. The molecule has 2 aromatic carbocycles. The van der Waals surface area contributed by atoms with Crippen molar-refractivity contribution in [2.24, 2.45) is 0 Å². The third kappa shape index (κ3) is 5.82. The average molecular weight is 431 g/mol. The fraction of sp³-hybridized carbons (Fsp3) is 0.200. The quantitative estimate of drug-likeness (QED) is 0.552. The molecule has 3 aromatic rings. The number of benzene rings is 2. The van der Waals surface area contributed by atoms with E-state index in [4.69, 9.17) is 16.0 Å². The van der Waals surface area contributed by atoms with Crippen molar-refractivity contribution in [1.82, 2.24) is 15.5 Å². The highest BCUT2D eigenvalue weighted by atomic mass is 35.5. The van der Waals surface area contributed by atoms with Crippen molar-refractivity contribution in [1.29, 1.82) is 0 Å². The number of nitrogens with zero attached hydrogens (tertiary/aromatic N) is 2. The zero-order valence-corrected chi connectivity index (χ0v) is 17.4. The lowest BCUT2D eigenvalue weighted by atomic mass is 10.1. The molecule has 7 nitrogen and oxygen atoms in total. The van der Waals surface area contributed by atoms with Crippen LogP contribution in [0, 0.1) is 13.8 Å². The van der Waals surface area contributed by atoms with Crippen molar-refractivity contribution in [2.75, 3.05) is 17.6 Å². The van der Waals surface area contributed by atoms with Gasteiger partial charge < -0.3 is 15.1 Å². The Hall–Kier alpha value is -2.84. The van der Waals surface area contributed by atoms with Crippen molar-refractivity contribution >= 4 is 40.9 Å². The van der Waals surface area contributed by atoms with Crippen molar-refractivity contribution in [3.05, 3.63) is 58.6 Å². The second-order valence-electron chi connectivity index (χ2n) is 6.26. The van der Waals surface area contributed by atoms with E-state index in [0.29, 0.717) is 10.9 Å². The van der Waals surface area contributed by atoms with Gasteiger partial charge in [0, 0.05) is 16.3 Å². The maximum absolute atomic E-state index is 12.1. The van der Waals surface area contributed by atoms with E-state index in [-0.39, 0.29) is 29.3 Å². The number of amides is 2. The summed E-state index contributed by atoms with van der Waals surface area (Å²) in [6.45, 7) is 3.72. The normalized spacial score (nSPS) is 10.6. The summed E-state index contributed by atoms with van der Waals surface area (Å²) in [4.78, 5) is 24.1. The SMILES string of the molecule is Cc1cccc(C)c1NC(=O)CNC(=O)CSc1nnc(-c2ccc(Cl)cc2)o1. The molecule has 0 spiro atoms. The highest BCUT2D eigenvalue weighted by Gasteiger charge is 2.13. The van der Waals surface area contributed by atoms with Crippen LogP contribution in [0.25, 0.3) is 11.5 Å². The van der Waals surface area contributed by atoms with Crippen LogP contribution in [0.1, 0.15) is 11.1 Å². The Labute approximate surface area is 177 Å². The Morgan fingerprint density at radius 2 is 1.72 bits per heavy atom. The van der Waals surface area contributed by atoms with E-state index in [2.05, 4.69) is 20.8 Å². The topological polar surface area (TPSA) is 97.1 Å². The minimum atomic E-state index is -0.308. The first-order chi connectivity index (χ1) is 13.9. The Morgan fingerprint density at radius 3 is 2.41 bits per heavy atom. The summed E-state index contributed by atoms with van der Waals surface area (Å²) in [6.07, 6.45) is 0. The van der Waals surface area contributed by atoms with Gasteiger partial charge in [-0.3, -0.25) is 9.59 Å². The molecule has 150 valence electrons. The van der Waals surface area contributed by atoms with Crippen LogP contribution in [0.5, 0.6) is 0 Å². The lowest BCUT2D eigenvalue weighted by molar-refractivity contribution is -0.122. The van der Waals surface area contributed by atoms with Gasteiger partial charge in [-0.25, -0.2) is 0 Å². The van der Waals surface area contributed by atoms with E-state index in [0.717, 1.165) is 34.1 Å². The number of thioether (sulfide) groups is 1. The molecule has 29 heavy (non-hydrogen) atoms. The number of rotatable bonds is 7. The summed E-state index contributed by atoms with van der Waals surface area (Å²) in [5, 5.41) is 14.2. The fourth-order valence-electron chi connectivity index (χ4n) is 2.53. The predicted molar refractivity (Wildman–Crippen MR) is 113 cm³/mol. The van der Waals surface area contributed by atoms with E-state index in [9.17, 15) is 9.59 Å². The Morgan fingerprint density at radius 1 is 1.03 bits per heavy atom. The van der Waals surface area contributed by atoms with Gasteiger partial charge in [0.2, 0.25) is 17.7 Å². The van der Waals surface area contributed by atoms with Gasteiger partial charge >= 0.3 is 0 Å². The molecule has 9 heteroatoms. The zero-order valence-electron chi connectivity index (χ0n) is 15.9. The van der Waals surface area contributed by atoms with Crippen LogP contribution < -0.4 is 10.6 Å². The molecule has 0 unspecified atom stereocenters. The highest BCUT2D eigenvalue weighted by molar-refractivity contribution is 7.99. The van der Waals surface area contributed by atoms with Crippen LogP contribution in [-0.4, -0.2) is 34.3 Å². The highest BCUT2D eigenvalue weighted by Crippen LogP contribution is 2.24. The van der Waals surface area contributed by atoms with Gasteiger partial charge in [-0.1, -0.05) is 41.6 Å². The van der Waals surface area contributed by atoms with Crippen LogP contribution in [0.15, 0.2) is 52.1 Å². The van der Waals surface area contributed by atoms with Gasteiger partial charge in [-0.05, 0) is 49.2 Å². The maximum atomic E-state index is 12.1. The summed E-state index contributed by atoms with van der Waals surface area (Å²) < 4.78 is 5.53. The third-order valence-corrected chi connectivity index (χ3v) is 5.09. The second-order valence-corrected chi connectivity index (χ2v) is 7.62. The standard InChI is InChI=1S/C20H19ClN4O3S/c1-12-4-3-5-13(2)18(12)23-16(26)10-22-17(27)11-29-20-25-24-19(28-20)14-6-8-15(21)9-7-14/h3-9H,10-11H2,1-2H3,(H,22,27)(H,23,26).